The number of methoxy groups -OCH3 is 1. The van der Waals surface area contributed by atoms with E-state index in [9.17, 15) is 18.0 Å². The molecule has 0 bridgehead atoms. The number of amides is 2. The zero-order chi connectivity index (χ0) is 29.4. The molecule has 3 rings (SSSR count). The van der Waals surface area contributed by atoms with E-state index in [0.29, 0.717) is 17.9 Å². The van der Waals surface area contributed by atoms with Gasteiger partial charge in [0.05, 0.1) is 17.7 Å². The van der Waals surface area contributed by atoms with Gasteiger partial charge in [-0.15, -0.1) is 0 Å². The maximum atomic E-state index is 14.1. The number of carbonyl (C=O) groups is 2. The number of hydrogen-bond donors (Lipinski definition) is 1. The Kier molecular flexibility index (Phi) is 10.3. The Hall–Kier alpha value is -3.85. The highest BCUT2D eigenvalue weighted by Crippen LogP contribution is 2.26. The first-order valence-electron chi connectivity index (χ1n) is 13.3. The molecule has 3 aromatic rings. The van der Waals surface area contributed by atoms with E-state index in [1.807, 2.05) is 58.9 Å². The zero-order valence-electron chi connectivity index (χ0n) is 24.0. The molecule has 9 heteroatoms. The molecule has 2 amide bonds. The lowest BCUT2D eigenvalue weighted by atomic mass is 10.1. The third-order valence-electron chi connectivity index (χ3n) is 6.54. The maximum absolute atomic E-state index is 14.1. The molecule has 0 fully saturated rings. The number of nitrogens with one attached hydrogen (secondary N) is 1. The quantitative estimate of drug-likeness (QED) is 0.339. The van der Waals surface area contributed by atoms with Crippen molar-refractivity contribution in [2.45, 2.75) is 64.6 Å². The number of nitrogens with zero attached hydrogens (tertiary/aromatic N) is 2. The minimum atomic E-state index is -4.14. The van der Waals surface area contributed by atoms with Crippen LogP contribution >= 0.6 is 0 Å². The third-order valence-corrected chi connectivity index (χ3v) is 8.33. The first kappa shape index (κ1) is 30.7. The van der Waals surface area contributed by atoms with Gasteiger partial charge in [-0.3, -0.25) is 13.9 Å². The largest absolute Gasteiger partial charge is 0.497 e. The Morgan fingerprint density at radius 2 is 1.43 bits per heavy atom. The van der Waals surface area contributed by atoms with E-state index >= 15 is 0 Å². The summed E-state index contributed by atoms with van der Waals surface area (Å²) in [6.45, 7) is 9.11. The van der Waals surface area contributed by atoms with E-state index in [1.54, 1.807) is 36.4 Å². The summed E-state index contributed by atoms with van der Waals surface area (Å²) in [7, 11) is -2.64. The lowest BCUT2D eigenvalue weighted by Gasteiger charge is -2.33. The molecule has 40 heavy (non-hydrogen) atoms. The number of anilines is 1. The van der Waals surface area contributed by atoms with Gasteiger partial charge in [0.2, 0.25) is 11.8 Å². The molecule has 0 aliphatic rings. The Labute approximate surface area is 238 Å². The average Bonchev–Trinajstić information content (AvgIpc) is 2.92. The highest BCUT2D eigenvalue weighted by atomic mass is 32.2. The van der Waals surface area contributed by atoms with Crippen molar-refractivity contribution in [3.8, 4) is 5.75 Å². The van der Waals surface area contributed by atoms with Gasteiger partial charge in [-0.25, -0.2) is 8.42 Å². The number of sulfonamides is 1. The van der Waals surface area contributed by atoms with Crippen LogP contribution in [0.5, 0.6) is 5.75 Å². The molecule has 0 spiro atoms. The van der Waals surface area contributed by atoms with E-state index in [1.165, 1.54) is 24.1 Å². The van der Waals surface area contributed by atoms with Crippen LogP contribution < -0.4 is 14.4 Å². The molecule has 0 aromatic heterocycles. The predicted octanol–water partition coefficient (Wildman–Crippen LogP) is 4.84. The summed E-state index contributed by atoms with van der Waals surface area (Å²) in [6.07, 6.45) is 0.367. The van der Waals surface area contributed by atoms with Gasteiger partial charge in [0, 0.05) is 12.6 Å². The average molecular weight is 566 g/mol. The van der Waals surface area contributed by atoms with Gasteiger partial charge in [0.1, 0.15) is 18.3 Å². The topological polar surface area (TPSA) is 96.0 Å². The SMILES string of the molecule is CC[C@H](C(=O)NC(C)C)N(Cc1ccc(C)cc1)C(=O)CN(c1ccc(C)cc1)S(=O)(=O)c1ccc(OC)cc1. The Morgan fingerprint density at radius 1 is 0.875 bits per heavy atom. The van der Waals surface area contributed by atoms with Crippen LogP contribution in [0.15, 0.2) is 77.7 Å². The second-order valence-corrected chi connectivity index (χ2v) is 12.0. The van der Waals surface area contributed by atoms with Crippen molar-refractivity contribution < 1.29 is 22.7 Å². The van der Waals surface area contributed by atoms with Gasteiger partial charge in [-0.1, -0.05) is 54.4 Å². The summed E-state index contributed by atoms with van der Waals surface area (Å²) in [5.74, 6) is -0.245. The van der Waals surface area contributed by atoms with Crippen molar-refractivity contribution in [1.82, 2.24) is 10.2 Å². The number of hydrogen-bond acceptors (Lipinski definition) is 5. The molecule has 0 heterocycles. The van der Waals surface area contributed by atoms with Crippen molar-refractivity contribution >= 4 is 27.5 Å². The van der Waals surface area contributed by atoms with Crippen LogP contribution in [-0.4, -0.2) is 50.9 Å². The summed E-state index contributed by atoms with van der Waals surface area (Å²) in [4.78, 5) is 28.8. The summed E-state index contributed by atoms with van der Waals surface area (Å²) in [5.41, 5.74) is 3.22. The molecule has 1 N–H and O–H groups in total. The van der Waals surface area contributed by atoms with Gasteiger partial charge in [0.15, 0.2) is 0 Å². The van der Waals surface area contributed by atoms with Gasteiger partial charge in [0.25, 0.3) is 10.0 Å². The molecule has 0 radical (unpaired) electrons. The predicted molar refractivity (Wildman–Crippen MR) is 158 cm³/mol. The molecule has 3 aromatic carbocycles. The van der Waals surface area contributed by atoms with Crippen molar-refractivity contribution in [1.29, 1.82) is 0 Å². The first-order chi connectivity index (χ1) is 19.0. The standard InChI is InChI=1S/C31H39N3O5S/c1-7-29(31(36)32-22(2)3)33(20-25-12-8-23(4)9-13-25)30(35)21-34(26-14-10-24(5)11-15-26)40(37,38)28-18-16-27(39-6)17-19-28/h8-19,22,29H,7,20-21H2,1-6H3,(H,32,36)/t29-/m1/s1. The molecule has 0 saturated heterocycles. The Balaban J connectivity index is 2.05. The first-order valence-corrected chi connectivity index (χ1v) is 14.8. The van der Waals surface area contributed by atoms with Crippen LogP contribution in [0, 0.1) is 13.8 Å². The molecule has 0 saturated carbocycles. The summed E-state index contributed by atoms with van der Waals surface area (Å²) < 4.78 is 34.1. The molecular formula is C31H39N3O5S. The van der Waals surface area contributed by atoms with Crippen LogP contribution in [0.4, 0.5) is 5.69 Å². The van der Waals surface area contributed by atoms with E-state index in [4.69, 9.17) is 4.74 Å². The van der Waals surface area contributed by atoms with Crippen LogP contribution in [0.2, 0.25) is 0 Å². The van der Waals surface area contributed by atoms with Crippen molar-refractivity contribution in [2.24, 2.45) is 0 Å². The summed E-state index contributed by atoms with van der Waals surface area (Å²) >= 11 is 0. The van der Waals surface area contributed by atoms with Gasteiger partial charge in [-0.2, -0.15) is 0 Å². The molecule has 0 aliphatic carbocycles. The normalized spacial score (nSPS) is 12.1. The minimum Gasteiger partial charge on any atom is -0.497 e. The maximum Gasteiger partial charge on any atom is 0.264 e. The molecule has 214 valence electrons. The highest BCUT2D eigenvalue weighted by molar-refractivity contribution is 7.92. The van der Waals surface area contributed by atoms with E-state index in [0.717, 1.165) is 21.0 Å². The Bertz CT molecular complexity index is 1390. The fourth-order valence-corrected chi connectivity index (χ4v) is 5.72. The monoisotopic (exact) mass is 565 g/mol. The van der Waals surface area contributed by atoms with E-state index in [2.05, 4.69) is 5.32 Å². The van der Waals surface area contributed by atoms with Crippen LogP contribution in [0.1, 0.15) is 43.9 Å². The fourth-order valence-electron chi connectivity index (χ4n) is 4.31. The summed E-state index contributed by atoms with van der Waals surface area (Å²) in [6, 6.07) is 19.8. The highest BCUT2D eigenvalue weighted by Gasteiger charge is 2.33. The van der Waals surface area contributed by atoms with Crippen LogP contribution in [0.3, 0.4) is 0 Å². The zero-order valence-corrected chi connectivity index (χ0v) is 24.9. The van der Waals surface area contributed by atoms with E-state index < -0.39 is 28.5 Å². The third kappa shape index (κ3) is 7.63. The van der Waals surface area contributed by atoms with Crippen LogP contribution in [0.25, 0.3) is 0 Å². The van der Waals surface area contributed by atoms with E-state index in [-0.39, 0.29) is 23.4 Å². The fraction of sp³-hybridized carbons (Fsp3) is 0.355. The summed E-state index contributed by atoms with van der Waals surface area (Å²) in [5, 5.41) is 2.91. The number of carbonyl (C=O) groups excluding carboxylic acids is 2. The molecular weight excluding hydrogens is 526 g/mol. The smallest absolute Gasteiger partial charge is 0.264 e. The second-order valence-electron chi connectivity index (χ2n) is 10.1. The number of benzene rings is 3. The number of rotatable bonds is 12. The molecule has 1 atom stereocenters. The van der Waals surface area contributed by atoms with Gasteiger partial charge < -0.3 is 15.0 Å². The minimum absolute atomic E-state index is 0.0244. The molecule has 0 aliphatic heterocycles. The second kappa shape index (κ2) is 13.5. The van der Waals surface area contributed by atoms with Crippen molar-refractivity contribution in [2.75, 3.05) is 18.0 Å². The van der Waals surface area contributed by atoms with Crippen molar-refractivity contribution in [3.05, 3.63) is 89.5 Å². The molecule has 8 nitrogen and oxygen atoms in total. The van der Waals surface area contributed by atoms with Gasteiger partial charge in [-0.05, 0) is 76.1 Å². The van der Waals surface area contributed by atoms with Crippen LogP contribution in [-0.2, 0) is 26.2 Å². The lowest BCUT2D eigenvalue weighted by molar-refractivity contribution is -0.140. The van der Waals surface area contributed by atoms with Gasteiger partial charge >= 0.3 is 0 Å². The number of ether oxygens (including phenoxy) is 1. The van der Waals surface area contributed by atoms with Crippen molar-refractivity contribution in [3.63, 3.8) is 0 Å². The Morgan fingerprint density at radius 3 is 1.93 bits per heavy atom. The molecule has 0 unspecified atom stereocenters. The number of aryl methyl sites for hydroxylation is 2. The lowest BCUT2D eigenvalue weighted by Crippen LogP contribution is -2.53.